The van der Waals surface area contributed by atoms with Crippen LogP contribution in [0.5, 0.6) is 5.75 Å². The number of anilines is 2. The molecule has 1 aliphatic heterocycles. The second kappa shape index (κ2) is 13.7. The van der Waals surface area contributed by atoms with E-state index in [-0.39, 0.29) is 34.8 Å². The van der Waals surface area contributed by atoms with E-state index in [1.165, 1.54) is 0 Å². The molecule has 246 valence electrons. The van der Waals surface area contributed by atoms with E-state index in [1.54, 1.807) is 30.5 Å². The second-order valence-corrected chi connectivity index (χ2v) is 15.1. The molecule has 3 aromatic rings. The molecular formula is C32H45N5O7S. The number of hydrogen-bond donors (Lipinski definition) is 3. The molecule has 1 aromatic carbocycles. The fraction of sp³-hybridized carbons (Fsp3) is 0.500. The van der Waals surface area contributed by atoms with Crippen LogP contribution in [0.4, 0.5) is 16.3 Å². The van der Waals surface area contributed by atoms with Gasteiger partial charge in [0.1, 0.15) is 23.3 Å². The number of amides is 2. The van der Waals surface area contributed by atoms with E-state index in [1.807, 2.05) is 39.0 Å². The van der Waals surface area contributed by atoms with Gasteiger partial charge in [-0.25, -0.2) is 9.78 Å². The van der Waals surface area contributed by atoms with Crippen molar-refractivity contribution in [1.29, 1.82) is 0 Å². The van der Waals surface area contributed by atoms with Crippen molar-refractivity contribution in [3.8, 4) is 5.75 Å². The van der Waals surface area contributed by atoms with Gasteiger partial charge in [0.2, 0.25) is 0 Å². The molecule has 3 heterocycles. The van der Waals surface area contributed by atoms with Crippen LogP contribution in [0.2, 0.25) is 0 Å². The molecule has 1 aliphatic rings. The minimum Gasteiger partial charge on any atom is -0.489 e. The Kier molecular flexibility index (Phi) is 10.8. The zero-order chi connectivity index (χ0) is 33.8. The van der Waals surface area contributed by atoms with E-state index in [2.05, 4.69) is 60.4 Å². The highest BCUT2D eigenvalue weighted by molar-refractivity contribution is 7.85. The van der Waals surface area contributed by atoms with Crippen molar-refractivity contribution < 1.29 is 31.8 Å². The summed E-state index contributed by atoms with van der Waals surface area (Å²) in [7, 11) is -1.50. The van der Waals surface area contributed by atoms with E-state index in [4.69, 9.17) is 13.8 Å². The number of hydrogen-bond acceptors (Lipinski definition) is 9. The first-order valence-corrected chi connectivity index (χ1v) is 16.4. The van der Waals surface area contributed by atoms with Crippen LogP contribution >= 0.6 is 0 Å². The Balaban J connectivity index is 0.00000102. The van der Waals surface area contributed by atoms with Gasteiger partial charge in [-0.05, 0) is 64.6 Å². The Morgan fingerprint density at radius 1 is 1.04 bits per heavy atom. The molecule has 0 bridgehead atoms. The fourth-order valence-corrected chi connectivity index (χ4v) is 5.12. The Hall–Kier alpha value is -3.81. The average molecular weight is 644 g/mol. The number of Topliss-reactive ketones (excluding diaryl/α,β-unsaturated/α-hetero) is 1. The topological polar surface area (TPSA) is 164 Å². The molecule has 2 aromatic heterocycles. The molecule has 0 atom stereocenters. The predicted octanol–water partition coefficient (Wildman–Crippen LogP) is 5.97. The van der Waals surface area contributed by atoms with Crippen LogP contribution < -0.4 is 15.4 Å². The molecular weight excluding hydrogens is 598 g/mol. The van der Waals surface area contributed by atoms with E-state index in [0.29, 0.717) is 35.0 Å². The monoisotopic (exact) mass is 643 g/mol. The Morgan fingerprint density at radius 2 is 1.62 bits per heavy atom. The molecule has 1 fully saturated rings. The van der Waals surface area contributed by atoms with Crippen molar-refractivity contribution in [1.82, 2.24) is 15.0 Å². The highest BCUT2D eigenvalue weighted by Gasteiger charge is 2.44. The number of benzene rings is 1. The maximum Gasteiger partial charge on any atom is 0.324 e. The second-order valence-electron chi connectivity index (χ2n) is 13.6. The first-order chi connectivity index (χ1) is 20.6. The smallest absolute Gasteiger partial charge is 0.324 e. The van der Waals surface area contributed by atoms with Gasteiger partial charge in [0.15, 0.2) is 11.6 Å². The van der Waals surface area contributed by atoms with Crippen molar-refractivity contribution in [2.24, 2.45) is 0 Å². The normalized spacial score (nSPS) is 16.7. The number of urea groups is 1. The predicted molar refractivity (Wildman–Crippen MR) is 174 cm³/mol. The SMILES string of the molecule is CN1C(C)(C)CC(Oc2ccc(C(=O)Cc3ccc(NC(=O)Nc4cc(C(C)(C)C)on4)cc3)nc2)CC1(C)C.CS(=O)(=O)O. The summed E-state index contributed by atoms with van der Waals surface area (Å²) in [5.74, 6) is 1.60. The third-order valence-electron chi connectivity index (χ3n) is 7.66. The van der Waals surface area contributed by atoms with Crippen LogP contribution in [0.3, 0.4) is 0 Å². The van der Waals surface area contributed by atoms with Gasteiger partial charge < -0.3 is 14.6 Å². The van der Waals surface area contributed by atoms with Gasteiger partial charge in [0.05, 0.1) is 12.5 Å². The van der Waals surface area contributed by atoms with Gasteiger partial charge in [-0.3, -0.25) is 19.6 Å². The highest BCUT2D eigenvalue weighted by Crippen LogP contribution is 2.38. The Bertz CT molecular complexity index is 1550. The quantitative estimate of drug-likeness (QED) is 0.206. The zero-order valence-corrected chi connectivity index (χ0v) is 28.3. The molecule has 12 nitrogen and oxygen atoms in total. The van der Waals surface area contributed by atoms with Gasteiger partial charge in [-0.15, -0.1) is 0 Å². The van der Waals surface area contributed by atoms with Gasteiger partial charge in [0, 0.05) is 47.5 Å². The van der Waals surface area contributed by atoms with E-state index in [9.17, 15) is 18.0 Å². The van der Waals surface area contributed by atoms with Crippen LogP contribution in [0.15, 0.2) is 53.2 Å². The Labute approximate surface area is 265 Å². The number of pyridine rings is 1. The van der Waals surface area contributed by atoms with Gasteiger partial charge in [-0.1, -0.05) is 38.1 Å². The summed E-state index contributed by atoms with van der Waals surface area (Å²) in [6, 6.07) is 11.9. The summed E-state index contributed by atoms with van der Waals surface area (Å²) in [5, 5.41) is 9.31. The fourth-order valence-electron chi connectivity index (χ4n) is 5.12. The number of likely N-dealkylation sites (tertiary alicyclic amines) is 1. The van der Waals surface area contributed by atoms with Gasteiger partial charge in [0.25, 0.3) is 10.1 Å². The standard InChI is InChI=1S/C31H41N5O4.CH4O3S/c1-29(2,3)26-16-27(35-40-26)34-28(38)33-21-11-9-20(10-12-21)15-25(37)24-14-13-22(19-32-24)39-23-17-30(4,5)36(8)31(6,7)18-23;1-5(2,3)4/h9-14,16,19,23H,15,17-18H2,1-8H3,(H2,33,34,35,38);1H3,(H,2,3,4). The van der Waals surface area contributed by atoms with Crippen LogP contribution in [0, 0.1) is 0 Å². The average Bonchev–Trinajstić information content (AvgIpc) is 3.36. The van der Waals surface area contributed by atoms with E-state index in [0.717, 1.165) is 18.4 Å². The lowest BCUT2D eigenvalue weighted by atomic mass is 9.79. The first kappa shape index (κ1) is 35.7. The molecule has 0 saturated carbocycles. The summed E-state index contributed by atoms with van der Waals surface area (Å²) in [5.41, 5.74) is 1.65. The van der Waals surface area contributed by atoms with Gasteiger partial charge >= 0.3 is 6.03 Å². The number of carbonyl (C=O) groups is 2. The third kappa shape index (κ3) is 10.9. The molecule has 13 heteroatoms. The number of ether oxygens (including phenoxy) is 1. The maximum atomic E-state index is 12.9. The number of nitrogens with zero attached hydrogens (tertiary/aromatic N) is 3. The number of ketones is 1. The van der Waals surface area contributed by atoms with Crippen molar-refractivity contribution in [2.75, 3.05) is 23.9 Å². The number of nitrogens with one attached hydrogen (secondary N) is 2. The number of carbonyl (C=O) groups excluding carboxylic acids is 2. The van der Waals surface area contributed by atoms with Crippen LogP contribution in [0.25, 0.3) is 0 Å². The minimum absolute atomic E-state index is 0.0256. The first-order valence-electron chi connectivity index (χ1n) is 14.6. The summed E-state index contributed by atoms with van der Waals surface area (Å²) < 4.78 is 37.4. The van der Waals surface area contributed by atoms with Crippen molar-refractivity contribution in [3.63, 3.8) is 0 Å². The summed E-state index contributed by atoms with van der Waals surface area (Å²) in [4.78, 5) is 32.0. The summed E-state index contributed by atoms with van der Waals surface area (Å²) >= 11 is 0. The van der Waals surface area contributed by atoms with Crippen LogP contribution in [0.1, 0.15) is 83.1 Å². The van der Waals surface area contributed by atoms with Crippen LogP contribution in [-0.4, -0.2) is 70.3 Å². The summed E-state index contributed by atoms with van der Waals surface area (Å²) in [6.45, 7) is 15.0. The van der Waals surface area contributed by atoms with E-state index >= 15 is 0 Å². The molecule has 3 N–H and O–H groups in total. The molecule has 1 saturated heterocycles. The number of piperidine rings is 1. The lowest BCUT2D eigenvalue weighted by Crippen LogP contribution is -2.60. The third-order valence-corrected chi connectivity index (χ3v) is 7.66. The lowest BCUT2D eigenvalue weighted by Gasteiger charge is -2.53. The minimum atomic E-state index is -3.67. The molecule has 2 amide bonds. The molecule has 0 aliphatic carbocycles. The molecule has 0 unspecified atom stereocenters. The van der Waals surface area contributed by atoms with E-state index < -0.39 is 16.1 Å². The van der Waals surface area contributed by atoms with Crippen molar-refractivity contribution >= 4 is 33.4 Å². The van der Waals surface area contributed by atoms with Gasteiger partial charge in [-0.2, -0.15) is 8.42 Å². The number of aromatic nitrogens is 2. The number of rotatable bonds is 7. The highest BCUT2D eigenvalue weighted by atomic mass is 32.2. The van der Waals surface area contributed by atoms with Crippen LogP contribution in [-0.2, 0) is 22.0 Å². The summed E-state index contributed by atoms with van der Waals surface area (Å²) in [6.07, 6.45) is 4.46. The molecule has 4 rings (SSSR count). The largest absolute Gasteiger partial charge is 0.489 e. The zero-order valence-electron chi connectivity index (χ0n) is 27.5. The lowest BCUT2D eigenvalue weighted by molar-refractivity contribution is -0.0557. The maximum absolute atomic E-state index is 12.9. The Morgan fingerprint density at radius 3 is 2.11 bits per heavy atom. The van der Waals surface area contributed by atoms with Crippen molar-refractivity contribution in [2.45, 2.75) is 90.3 Å². The molecule has 45 heavy (non-hydrogen) atoms. The molecule has 0 spiro atoms. The van der Waals surface area contributed by atoms with Crippen molar-refractivity contribution in [3.05, 3.63) is 65.7 Å². The molecule has 0 radical (unpaired) electrons.